The smallest absolute Gasteiger partial charge is 0.120 e. The third-order valence-electron chi connectivity index (χ3n) is 3.06. The fraction of sp³-hybridized carbons (Fsp3) is 0.294. The van der Waals surface area contributed by atoms with Crippen LogP contribution in [0.3, 0.4) is 0 Å². The van der Waals surface area contributed by atoms with E-state index in [0.29, 0.717) is 13.2 Å². The Morgan fingerprint density at radius 3 is 2.67 bits per heavy atom. The third kappa shape index (κ3) is 5.50. The van der Waals surface area contributed by atoms with E-state index in [4.69, 9.17) is 9.47 Å². The highest BCUT2D eigenvalue weighted by atomic mass is 79.9. The first-order valence-electron chi connectivity index (χ1n) is 6.94. The zero-order chi connectivity index (χ0) is 14.9. The Kier molecular flexibility index (Phi) is 6.73. The van der Waals surface area contributed by atoms with Crippen LogP contribution in [0.25, 0.3) is 0 Å². The molecule has 0 aliphatic rings. The van der Waals surface area contributed by atoms with E-state index in [2.05, 4.69) is 39.4 Å². The molecule has 0 spiro atoms. The van der Waals surface area contributed by atoms with Crippen LogP contribution in [-0.4, -0.2) is 20.3 Å². The van der Waals surface area contributed by atoms with E-state index in [1.54, 1.807) is 7.11 Å². The van der Waals surface area contributed by atoms with E-state index < -0.39 is 0 Å². The van der Waals surface area contributed by atoms with Crippen LogP contribution in [0.15, 0.2) is 53.0 Å². The van der Waals surface area contributed by atoms with Gasteiger partial charge in [-0.2, -0.15) is 0 Å². The first kappa shape index (κ1) is 16.0. The Morgan fingerprint density at radius 1 is 1.10 bits per heavy atom. The Hall–Kier alpha value is -1.36. The molecule has 0 saturated heterocycles. The molecule has 0 saturated carbocycles. The minimum atomic E-state index is 0.582. The van der Waals surface area contributed by atoms with E-state index in [1.807, 2.05) is 30.3 Å². The molecular formula is C17H20BrNO2. The Bertz CT molecular complexity index is 546. The second kappa shape index (κ2) is 8.82. The maximum atomic E-state index is 5.84. The summed E-state index contributed by atoms with van der Waals surface area (Å²) in [6, 6.07) is 16.2. The fourth-order valence-electron chi connectivity index (χ4n) is 1.91. The van der Waals surface area contributed by atoms with E-state index in [-0.39, 0.29) is 0 Å². The average molecular weight is 350 g/mol. The Morgan fingerprint density at radius 2 is 1.90 bits per heavy atom. The standard InChI is InChI=1S/C17H20BrNO2/c1-20-10-9-19-12-15-11-16(7-8-17(15)18)21-13-14-5-3-2-4-6-14/h2-8,11,19H,9-10,12-13H2,1H3. The number of halogens is 1. The molecule has 112 valence electrons. The predicted octanol–water partition coefficient (Wildman–Crippen LogP) is 3.76. The number of hydrogen-bond donors (Lipinski definition) is 1. The number of hydrogen-bond acceptors (Lipinski definition) is 3. The molecule has 0 aliphatic heterocycles. The molecule has 2 aromatic carbocycles. The number of ether oxygens (including phenoxy) is 2. The van der Waals surface area contributed by atoms with Crippen molar-refractivity contribution in [1.29, 1.82) is 0 Å². The van der Waals surface area contributed by atoms with Crippen LogP contribution in [0, 0.1) is 0 Å². The van der Waals surface area contributed by atoms with Gasteiger partial charge in [0.05, 0.1) is 6.61 Å². The topological polar surface area (TPSA) is 30.5 Å². The first-order valence-corrected chi connectivity index (χ1v) is 7.73. The van der Waals surface area contributed by atoms with Gasteiger partial charge in [-0.25, -0.2) is 0 Å². The van der Waals surface area contributed by atoms with Gasteiger partial charge in [-0.1, -0.05) is 46.3 Å². The molecule has 3 nitrogen and oxygen atoms in total. The highest BCUT2D eigenvalue weighted by molar-refractivity contribution is 9.10. The SMILES string of the molecule is COCCNCc1cc(OCc2ccccc2)ccc1Br. The molecule has 0 atom stereocenters. The normalized spacial score (nSPS) is 10.6. The maximum absolute atomic E-state index is 5.84. The molecule has 0 amide bonds. The minimum absolute atomic E-state index is 0.582. The van der Waals surface area contributed by atoms with Crippen molar-refractivity contribution in [2.24, 2.45) is 0 Å². The number of benzene rings is 2. The van der Waals surface area contributed by atoms with Crippen molar-refractivity contribution in [2.75, 3.05) is 20.3 Å². The van der Waals surface area contributed by atoms with Gasteiger partial charge in [0.1, 0.15) is 12.4 Å². The molecule has 0 fully saturated rings. The zero-order valence-corrected chi connectivity index (χ0v) is 13.7. The van der Waals surface area contributed by atoms with Crippen molar-refractivity contribution in [3.63, 3.8) is 0 Å². The Labute approximate surface area is 134 Å². The van der Waals surface area contributed by atoms with Crippen LogP contribution in [0.2, 0.25) is 0 Å². The molecule has 0 aromatic heterocycles. The highest BCUT2D eigenvalue weighted by Gasteiger charge is 2.03. The van der Waals surface area contributed by atoms with Crippen molar-refractivity contribution < 1.29 is 9.47 Å². The second-order valence-electron chi connectivity index (χ2n) is 4.70. The van der Waals surface area contributed by atoms with Gasteiger partial charge in [0.15, 0.2) is 0 Å². The summed E-state index contributed by atoms with van der Waals surface area (Å²) in [5.41, 5.74) is 2.34. The quantitative estimate of drug-likeness (QED) is 0.736. The maximum Gasteiger partial charge on any atom is 0.120 e. The molecule has 0 heterocycles. The van der Waals surface area contributed by atoms with Gasteiger partial charge < -0.3 is 14.8 Å². The fourth-order valence-corrected chi connectivity index (χ4v) is 2.30. The zero-order valence-electron chi connectivity index (χ0n) is 12.1. The molecule has 0 aliphatic carbocycles. The van der Waals surface area contributed by atoms with Gasteiger partial charge in [0.2, 0.25) is 0 Å². The summed E-state index contributed by atoms with van der Waals surface area (Å²) in [4.78, 5) is 0. The lowest BCUT2D eigenvalue weighted by atomic mass is 10.2. The van der Waals surface area contributed by atoms with Crippen molar-refractivity contribution in [3.05, 3.63) is 64.1 Å². The van der Waals surface area contributed by atoms with E-state index in [1.165, 1.54) is 11.1 Å². The summed E-state index contributed by atoms with van der Waals surface area (Å²) >= 11 is 3.57. The summed E-state index contributed by atoms with van der Waals surface area (Å²) in [6.07, 6.45) is 0. The van der Waals surface area contributed by atoms with Crippen molar-refractivity contribution >= 4 is 15.9 Å². The van der Waals surface area contributed by atoms with Crippen molar-refractivity contribution in [2.45, 2.75) is 13.2 Å². The summed E-state index contributed by atoms with van der Waals surface area (Å²) < 4.78 is 11.9. The third-order valence-corrected chi connectivity index (χ3v) is 3.84. The van der Waals surface area contributed by atoms with Gasteiger partial charge in [-0.3, -0.25) is 0 Å². The van der Waals surface area contributed by atoms with E-state index in [0.717, 1.165) is 23.3 Å². The molecular weight excluding hydrogens is 330 g/mol. The van der Waals surface area contributed by atoms with Gasteiger partial charge in [-0.15, -0.1) is 0 Å². The first-order chi connectivity index (χ1) is 10.3. The molecule has 4 heteroatoms. The second-order valence-corrected chi connectivity index (χ2v) is 5.55. The molecule has 21 heavy (non-hydrogen) atoms. The van der Waals surface area contributed by atoms with E-state index in [9.17, 15) is 0 Å². The number of methoxy groups -OCH3 is 1. The van der Waals surface area contributed by atoms with Crippen LogP contribution in [0.4, 0.5) is 0 Å². The number of nitrogens with one attached hydrogen (secondary N) is 1. The minimum Gasteiger partial charge on any atom is -0.489 e. The molecule has 0 unspecified atom stereocenters. The predicted molar refractivity (Wildman–Crippen MR) is 88.5 cm³/mol. The lowest BCUT2D eigenvalue weighted by Gasteiger charge is -2.11. The highest BCUT2D eigenvalue weighted by Crippen LogP contribution is 2.23. The lowest BCUT2D eigenvalue weighted by Crippen LogP contribution is -2.18. The summed E-state index contributed by atoms with van der Waals surface area (Å²) in [6.45, 7) is 2.91. The largest absolute Gasteiger partial charge is 0.489 e. The Balaban J connectivity index is 1.91. The monoisotopic (exact) mass is 349 g/mol. The molecule has 0 bridgehead atoms. The van der Waals surface area contributed by atoms with E-state index >= 15 is 0 Å². The van der Waals surface area contributed by atoms with Gasteiger partial charge in [0, 0.05) is 24.7 Å². The van der Waals surface area contributed by atoms with Crippen LogP contribution >= 0.6 is 15.9 Å². The van der Waals surface area contributed by atoms with Crippen LogP contribution in [0.5, 0.6) is 5.75 Å². The van der Waals surface area contributed by atoms with Gasteiger partial charge >= 0.3 is 0 Å². The summed E-state index contributed by atoms with van der Waals surface area (Å²) in [5, 5.41) is 3.33. The molecule has 0 radical (unpaired) electrons. The summed E-state index contributed by atoms with van der Waals surface area (Å²) in [5.74, 6) is 0.880. The average Bonchev–Trinajstić information content (AvgIpc) is 2.53. The van der Waals surface area contributed by atoms with Crippen LogP contribution in [0.1, 0.15) is 11.1 Å². The lowest BCUT2D eigenvalue weighted by molar-refractivity contribution is 0.199. The van der Waals surface area contributed by atoms with Crippen LogP contribution < -0.4 is 10.1 Å². The summed E-state index contributed by atoms with van der Waals surface area (Å²) in [7, 11) is 1.70. The van der Waals surface area contributed by atoms with Gasteiger partial charge in [-0.05, 0) is 29.3 Å². The van der Waals surface area contributed by atoms with Gasteiger partial charge in [0.25, 0.3) is 0 Å². The molecule has 2 rings (SSSR count). The van der Waals surface area contributed by atoms with Crippen LogP contribution in [-0.2, 0) is 17.9 Å². The molecule has 1 N–H and O–H groups in total. The van der Waals surface area contributed by atoms with Crippen molar-refractivity contribution in [1.82, 2.24) is 5.32 Å². The molecule has 2 aromatic rings. The van der Waals surface area contributed by atoms with Crippen molar-refractivity contribution in [3.8, 4) is 5.75 Å². The number of rotatable bonds is 8.